The predicted molar refractivity (Wildman–Crippen MR) is 58.2 cm³/mol. The number of rotatable bonds is 6. The number of imidazole rings is 1. The Morgan fingerprint density at radius 2 is 2.38 bits per heavy atom. The van der Waals surface area contributed by atoms with E-state index in [-0.39, 0.29) is 0 Å². The van der Waals surface area contributed by atoms with Gasteiger partial charge in [0.1, 0.15) is 5.82 Å². The van der Waals surface area contributed by atoms with Crippen LogP contribution in [0.4, 0.5) is 0 Å². The van der Waals surface area contributed by atoms with E-state index in [1.807, 2.05) is 31.2 Å². The van der Waals surface area contributed by atoms with Crippen molar-refractivity contribution in [2.45, 2.75) is 6.42 Å². The van der Waals surface area contributed by atoms with Crippen LogP contribution in [0.2, 0.25) is 0 Å². The SMILES string of the molecule is CSCCNCCc1nccn1C. The van der Waals surface area contributed by atoms with Gasteiger partial charge in [-0.2, -0.15) is 11.8 Å². The molecule has 1 aromatic rings. The number of nitrogens with zero attached hydrogens (tertiary/aromatic N) is 2. The molecule has 1 aromatic heterocycles. The number of hydrogen-bond donors (Lipinski definition) is 1. The first-order valence-electron chi connectivity index (χ1n) is 4.50. The lowest BCUT2D eigenvalue weighted by Crippen LogP contribution is -2.21. The quantitative estimate of drug-likeness (QED) is 0.691. The summed E-state index contributed by atoms with van der Waals surface area (Å²) in [6, 6.07) is 0. The maximum absolute atomic E-state index is 4.25. The molecule has 0 amide bonds. The van der Waals surface area contributed by atoms with Crippen LogP contribution in [-0.4, -0.2) is 34.6 Å². The number of hydrogen-bond acceptors (Lipinski definition) is 3. The van der Waals surface area contributed by atoms with Gasteiger partial charge in [0.2, 0.25) is 0 Å². The molecule has 3 nitrogen and oxygen atoms in total. The molecule has 0 radical (unpaired) electrons. The molecule has 0 aliphatic heterocycles. The van der Waals surface area contributed by atoms with Crippen molar-refractivity contribution in [3.05, 3.63) is 18.2 Å². The molecular weight excluding hydrogens is 182 g/mol. The zero-order valence-corrected chi connectivity index (χ0v) is 9.10. The zero-order valence-electron chi connectivity index (χ0n) is 8.29. The van der Waals surface area contributed by atoms with Gasteiger partial charge in [-0.1, -0.05) is 0 Å². The molecule has 1 heterocycles. The van der Waals surface area contributed by atoms with Crippen LogP contribution in [0.15, 0.2) is 12.4 Å². The average molecular weight is 199 g/mol. The van der Waals surface area contributed by atoms with Crippen LogP contribution >= 0.6 is 11.8 Å². The van der Waals surface area contributed by atoms with Crippen molar-refractivity contribution in [2.24, 2.45) is 7.05 Å². The molecule has 1 N–H and O–H groups in total. The van der Waals surface area contributed by atoms with Crippen LogP contribution < -0.4 is 5.32 Å². The Morgan fingerprint density at radius 3 is 3.00 bits per heavy atom. The smallest absolute Gasteiger partial charge is 0.109 e. The second kappa shape index (κ2) is 6.05. The first-order chi connectivity index (χ1) is 6.34. The lowest BCUT2D eigenvalue weighted by Gasteiger charge is -2.03. The fraction of sp³-hybridized carbons (Fsp3) is 0.667. The highest BCUT2D eigenvalue weighted by atomic mass is 32.2. The van der Waals surface area contributed by atoms with E-state index >= 15 is 0 Å². The van der Waals surface area contributed by atoms with Crippen LogP contribution in [0.5, 0.6) is 0 Å². The molecule has 0 unspecified atom stereocenters. The van der Waals surface area contributed by atoms with Gasteiger partial charge in [0.25, 0.3) is 0 Å². The molecule has 0 saturated heterocycles. The summed E-state index contributed by atoms with van der Waals surface area (Å²) in [4.78, 5) is 4.25. The molecule has 4 heteroatoms. The van der Waals surface area contributed by atoms with Crippen LogP contribution in [0.1, 0.15) is 5.82 Å². The standard InChI is InChI=1S/C9H17N3S/c1-12-7-5-11-9(12)3-4-10-6-8-13-2/h5,7,10H,3-4,6,8H2,1-2H3. The Hall–Kier alpha value is -0.480. The molecular formula is C9H17N3S. The van der Waals surface area contributed by atoms with E-state index in [9.17, 15) is 0 Å². The van der Waals surface area contributed by atoms with Gasteiger partial charge < -0.3 is 9.88 Å². The van der Waals surface area contributed by atoms with Crippen LogP contribution in [-0.2, 0) is 13.5 Å². The summed E-state index contributed by atoms with van der Waals surface area (Å²) in [6.07, 6.45) is 6.97. The number of aromatic nitrogens is 2. The van der Waals surface area contributed by atoms with E-state index in [0.717, 1.165) is 25.3 Å². The van der Waals surface area contributed by atoms with Crippen molar-refractivity contribution in [1.29, 1.82) is 0 Å². The minimum atomic E-state index is 1.01. The van der Waals surface area contributed by atoms with E-state index in [4.69, 9.17) is 0 Å². The van der Waals surface area contributed by atoms with Gasteiger partial charge in [0.05, 0.1) is 0 Å². The van der Waals surface area contributed by atoms with Crippen LogP contribution in [0.3, 0.4) is 0 Å². The maximum atomic E-state index is 4.25. The Balaban J connectivity index is 2.10. The van der Waals surface area contributed by atoms with Crippen LogP contribution in [0.25, 0.3) is 0 Å². The first-order valence-corrected chi connectivity index (χ1v) is 5.90. The average Bonchev–Trinajstić information content (AvgIpc) is 2.52. The van der Waals surface area contributed by atoms with Crippen molar-refractivity contribution in [2.75, 3.05) is 25.1 Å². The second-order valence-corrected chi connectivity index (χ2v) is 3.93. The third-order valence-electron chi connectivity index (χ3n) is 1.93. The Morgan fingerprint density at radius 1 is 1.54 bits per heavy atom. The molecule has 0 aliphatic rings. The highest BCUT2D eigenvalue weighted by molar-refractivity contribution is 7.98. The minimum absolute atomic E-state index is 1.01. The van der Waals surface area contributed by atoms with Crippen molar-refractivity contribution in [3.8, 4) is 0 Å². The van der Waals surface area contributed by atoms with E-state index in [1.54, 1.807) is 0 Å². The van der Waals surface area contributed by atoms with Crippen molar-refractivity contribution < 1.29 is 0 Å². The van der Waals surface area contributed by atoms with Crippen LogP contribution in [0, 0.1) is 0 Å². The second-order valence-electron chi connectivity index (χ2n) is 2.95. The Kier molecular flexibility index (Phi) is 4.93. The van der Waals surface area contributed by atoms with E-state index in [2.05, 4.69) is 21.1 Å². The molecule has 0 atom stereocenters. The summed E-state index contributed by atoms with van der Waals surface area (Å²) >= 11 is 1.87. The van der Waals surface area contributed by atoms with E-state index < -0.39 is 0 Å². The molecule has 0 fully saturated rings. The maximum Gasteiger partial charge on any atom is 0.109 e. The summed E-state index contributed by atoms with van der Waals surface area (Å²) in [5.41, 5.74) is 0. The zero-order chi connectivity index (χ0) is 9.52. The molecule has 74 valence electrons. The first kappa shape index (κ1) is 10.6. The highest BCUT2D eigenvalue weighted by Gasteiger charge is 1.97. The molecule has 1 rings (SSSR count). The van der Waals surface area contributed by atoms with Crippen molar-refractivity contribution in [1.82, 2.24) is 14.9 Å². The molecule has 0 saturated carbocycles. The molecule has 13 heavy (non-hydrogen) atoms. The summed E-state index contributed by atoms with van der Waals surface area (Å²) in [5.74, 6) is 2.33. The summed E-state index contributed by atoms with van der Waals surface area (Å²) in [5, 5.41) is 3.38. The lowest BCUT2D eigenvalue weighted by molar-refractivity contribution is 0.679. The fourth-order valence-electron chi connectivity index (χ4n) is 1.14. The third-order valence-corrected chi connectivity index (χ3v) is 2.54. The number of thioether (sulfide) groups is 1. The monoisotopic (exact) mass is 199 g/mol. The van der Waals surface area contributed by atoms with Gasteiger partial charge in [0, 0.05) is 44.7 Å². The van der Waals surface area contributed by atoms with E-state index in [0.29, 0.717) is 0 Å². The highest BCUT2D eigenvalue weighted by Crippen LogP contribution is 1.94. The van der Waals surface area contributed by atoms with Gasteiger partial charge in [-0.15, -0.1) is 0 Å². The Bertz CT molecular complexity index is 235. The summed E-state index contributed by atoms with van der Waals surface area (Å²) in [7, 11) is 2.03. The number of nitrogens with one attached hydrogen (secondary N) is 1. The van der Waals surface area contributed by atoms with E-state index in [1.165, 1.54) is 5.75 Å². The molecule has 0 aliphatic carbocycles. The largest absolute Gasteiger partial charge is 0.338 e. The van der Waals surface area contributed by atoms with Gasteiger partial charge in [-0.25, -0.2) is 4.98 Å². The number of aryl methyl sites for hydroxylation is 1. The summed E-state index contributed by atoms with van der Waals surface area (Å²) < 4.78 is 2.07. The third kappa shape index (κ3) is 3.83. The van der Waals surface area contributed by atoms with Gasteiger partial charge >= 0.3 is 0 Å². The lowest BCUT2D eigenvalue weighted by atomic mass is 10.4. The van der Waals surface area contributed by atoms with Gasteiger partial charge in [0.15, 0.2) is 0 Å². The molecule has 0 aromatic carbocycles. The normalized spacial score (nSPS) is 10.6. The Labute approximate surface area is 83.9 Å². The molecule has 0 spiro atoms. The summed E-state index contributed by atoms with van der Waals surface area (Å²) in [6.45, 7) is 2.11. The topological polar surface area (TPSA) is 29.9 Å². The van der Waals surface area contributed by atoms with Gasteiger partial charge in [-0.3, -0.25) is 0 Å². The van der Waals surface area contributed by atoms with Gasteiger partial charge in [-0.05, 0) is 6.26 Å². The van der Waals surface area contributed by atoms with Crippen molar-refractivity contribution >= 4 is 11.8 Å². The molecule has 0 bridgehead atoms. The van der Waals surface area contributed by atoms with Crippen molar-refractivity contribution in [3.63, 3.8) is 0 Å². The predicted octanol–water partition coefficient (Wildman–Crippen LogP) is 0.915. The minimum Gasteiger partial charge on any atom is -0.338 e. The fourth-order valence-corrected chi connectivity index (χ4v) is 1.49.